The molecule has 5 nitrogen and oxygen atoms in total. The van der Waals surface area contributed by atoms with Gasteiger partial charge in [0, 0.05) is 10.0 Å². The number of amides is 1. The zero-order valence-corrected chi connectivity index (χ0v) is 11.8. The number of carbonyl (C=O) groups is 1. The Morgan fingerprint density at radius 1 is 1.50 bits per heavy atom. The number of hydrogen-bond donors (Lipinski definition) is 2. The number of rotatable bonds is 4. The van der Waals surface area contributed by atoms with Gasteiger partial charge in [-0.15, -0.1) is 0 Å². The molecule has 18 heavy (non-hydrogen) atoms. The molecule has 1 atom stereocenters. The van der Waals surface area contributed by atoms with Crippen LogP contribution < -0.4 is 5.43 Å². The lowest BCUT2D eigenvalue weighted by atomic mass is 10.1. The minimum Gasteiger partial charge on any atom is -0.449 e. The highest BCUT2D eigenvalue weighted by Crippen LogP contribution is 2.12. The van der Waals surface area contributed by atoms with Crippen molar-refractivity contribution in [3.63, 3.8) is 0 Å². The zero-order chi connectivity index (χ0) is 13.5. The molecule has 2 N–H and O–H groups in total. The molecule has 0 aliphatic carbocycles. The second-order valence-corrected chi connectivity index (χ2v) is 4.43. The first-order chi connectivity index (χ1) is 8.54. The Bertz CT molecular complexity index is 429. The molecular formula is C12H15BrN2O3. The Kier molecular flexibility index (Phi) is 5.80. The fourth-order valence-corrected chi connectivity index (χ4v) is 1.55. The van der Waals surface area contributed by atoms with E-state index in [0.717, 1.165) is 10.0 Å². The van der Waals surface area contributed by atoms with Gasteiger partial charge in [0.1, 0.15) is 0 Å². The van der Waals surface area contributed by atoms with Crippen LogP contribution in [0.1, 0.15) is 19.4 Å². The van der Waals surface area contributed by atoms with Crippen molar-refractivity contribution in [1.29, 1.82) is 0 Å². The van der Waals surface area contributed by atoms with E-state index in [2.05, 4.69) is 31.2 Å². The highest BCUT2D eigenvalue weighted by molar-refractivity contribution is 9.10. The lowest BCUT2D eigenvalue weighted by Crippen LogP contribution is -2.25. The molecule has 1 amide bonds. The predicted octanol–water partition coefficient (Wildman–Crippen LogP) is 2.28. The van der Waals surface area contributed by atoms with E-state index in [1.165, 1.54) is 0 Å². The molecule has 1 aromatic carbocycles. The van der Waals surface area contributed by atoms with Gasteiger partial charge in [-0.2, -0.15) is 5.10 Å². The molecule has 0 radical (unpaired) electrons. The fraction of sp³-hybridized carbons (Fsp3) is 0.333. The first-order valence-corrected chi connectivity index (χ1v) is 6.28. The molecule has 6 heteroatoms. The van der Waals surface area contributed by atoms with E-state index in [1.54, 1.807) is 26.0 Å². The molecule has 1 rings (SSSR count). The average Bonchev–Trinajstić information content (AvgIpc) is 2.31. The Balaban J connectivity index is 2.85. The maximum absolute atomic E-state index is 11.1. The molecule has 0 fully saturated rings. The fourth-order valence-electron chi connectivity index (χ4n) is 1.29. The highest BCUT2D eigenvalue weighted by atomic mass is 79.9. The van der Waals surface area contributed by atoms with Gasteiger partial charge in [0.15, 0.2) is 0 Å². The summed E-state index contributed by atoms with van der Waals surface area (Å²) in [5, 5.41) is 13.5. The van der Waals surface area contributed by atoms with Crippen LogP contribution in [0, 0.1) is 0 Å². The van der Waals surface area contributed by atoms with Crippen molar-refractivity contribution >= 4 is 27.7 Å². The second kappa shape index (κ2) is 7.13. The maximum Gasteiger partial charge on any atom is 0.427 e. The Labute approximate surface area is 114 Å². The first-order valence-electron chi connectivity index (χ1n) is 5.49. The zero-order valence-electron chi connectivity index (χ0n) is 10.2. The van der Waals surface area contributed by atoms with Crippen LogP contribution in [0.25, 0.3) is 0 Å². The maximum atomic E-state index is 11.1. The number of nitrogens with zero attached hydrogens (tertiary/aromatic N) is 1. The summed E-state index contributed by atoms with van der Waals surface area (Å²) in [6.07, 6.45) is -1.44. The Morgan fingerprint density at radius 3 is 2.61 bits per heavy atom. The van der Waals surface area contributed by atoms with Crippen LogP contribution in [0.3, 0.4) is 0 Å². The number of halogens is 1. The summed E-state index contributed by atoms with van der Waals surface area (Å²) in [7, 11) is 0. The molecule has 98 valence electrons. The molecule has 0 unspecified atom stereocenters. The molecule has 1 aromatic rings. The summed E-state index contributed by atoms with van der Waals surface area (Å²) in [6, 6.07) is 7.25. The van der Waals surface area contributed by atoms with E-state index in [9.17, 15) is 9.90 Å². The van der Waals surface area contributed by atoms with Crippen molar-refractivity contribution < 1.29 is 14.6 Å². The normalized spacial score (nSPS) is 13.0. The van der Waals surface area contributed by atoms with E-state index in [0.29, 0.717) is 5.71 Å². The summed E-state index contributed by atoms with van der Waals surface area (Å²) in [4.78, 5) is 11.1. The van der Waals surface area contributed by atoms with E-state index < -0.39 is 12.2 Å². The smallest absolute Gasteiger partial charge is 0.427 e. The van der Waals surface area contributed by atoms with Crippen LogP contribution in [-0.4, -0.2) is 29.6 Å². The molecule has 0 aromatic heterocycles. The van der Waals surface area contributed by atoms with Crippen molar-refractivity contribution in [2.24, 2.45) is 5.10 Å². The summed E-state index contributed by atoms with van der Waals surface area (Å²) in [5.74, 6) is 0. The van der Waals surface area contributed by atoms with E-state index in [-0.39, 0.29) is 6.61 Å². The Hall–Kier alpha value is -1.40. The number of aliphatic hydroxyl groups is 1. The van der Waals surface area contributed by atoms with Gasteiger partial charge in [0.05, 0.1) is 18.4 Å². The average molecular weight is 315 g/mol. The first kappa shape index (κ1) is 14.7. The molecular weight excluding hydrogens is 300 g/mol. The van der Waals surface area contributed by atoms with Crippen LogP contribution in [0.2, 0.25) is 0 Å². The third kappa shape index (κ3) is 4.46. The van der Waals surface area contributed by atoms with Gasteiger partial charge in [-0.3, -0.25) is 0 Å². The van der Waals surface area contributed by atoms with Gasteiger partial charge >= 0.3 is 6.09 Å². The van der Waals surface area contributed by atoms with Crippen LogP contribution in [0.4, 0.5) is 4.79 Å². The molecule has 0 spiro atoms. The number of ether oxygens (including phenoxy) is 1. The van der Waals surface area contributed by atoms with Crippen LogP contribution in [0.5, 0.6) is 0 Å². The molecule has 0 aliphatic heterocycles. The van der Waals surface area contributed by atoms with E-state index in [4.69, 9.17) is 0 Å². The standard InChI is InChI=1S/C12H15BrN2O3/c1-3-18-12(17)15-14-11(8(2)16)9-4-6-10(13)7-5-9/h4-8,16H,3H2,1-2H3,(H,15,17)/t8-/m1/s1. The van der Waals surface area contributed by atoms with E-state index >= 15 is 0 Å². The summed E-state index contributed by atoms with van der Waals surface area (Å²) in [5.41, 5.74) is 3.33. The van der Waals surface area contributed by atoms with Gasteiger partial charge in [-0.25, -0.2) is 10.2 Å². The predicted molar refractivity (Wildman–Crippen MR) is 72.5 cm³/mol. The monoisotopic (exact) mass is 314 g/mol. The number of hydrazone groups is 1. The second-order valence-electron chi connectivity index (χ2n) is 3.51. The van der Waals surface area contributed by atoms with Gasteiger partial charge in [-0.1, -0.05) is 28.1 Å². The van der Waals surface area contributed by atoms with Crippen molar-refractivity contribution in [1.82, 2.24) is 5.43 Å². The number of benzene rings is 1. The third-order valence-electron chi connectivity index (χ3n) is 2.08. The summed E-state index contributed by atoms with van der Waals surface area (Å²) < 4.78 is 5.61. The number of carbonyl (C=O) groups excluding carboxylic acids is 1. The molecule has 0 saturated heterocycles. The van der Waals surface area contributed by atoms with Crippen molar-refractivity contribution in [2.45, 2.75) is 20.0 Å². The molecule has 0 heterocycles. The van der Waals surface area contributed by atoms with Crippen LogP contribution >= 0.6 is 15.9 Å². The lowest BCUT2D eigenvalue weighted by molar-refractivity contribution is 0.152. The molecule has 0 bridgehead atoms. The van der Waals surface area contributed by atoms with Gasteiger partial charge < -0.3 is 9.84 Å². The Morgan fingerprint density at radius 2 is 2.11 bits per heavy atom. The SMILES string of the molecule is CCOC(=O)NN=C(c1ccc(Br)cc1)[C@@H](C)O. The minimum absolute atomic E-state index is 0.268. The minimum atomic E-state index is -0.798. The number of nitrogens with one attached hydrogen (secondary N) is 1. The van der Waals surface area contributed by atoms with Gasteiger partial charge in [0.25, 0.3) is 0 Å². The van der Waals surface area contributed by atoms with Gasteiger partial charge in [0.2, 0.25) is 0 Å². The van der Waals surface area contributed by atoms with Crippen molar-refractivity contribution in [2.75, 3.05) is 6.61 Å². The highest BCUT2D eigenvalue weighted by Gasteiger charge is 2.11. The summed E-state index contributed by atoms with van der Waals surface area (Å²) in [6.45, 7) is 3.55. The largest absolute Gasteiger partial charge is 0.449 e. The molecule has 0 aliphatic rings. The topological polar surface area (TPSA) is 70.9 Å². The molecule has 0 saturated carbocycles. The van der Waals surface area contributed by atoms with Crippen LogP contribution in [-0.2, 0) is 4.74 Å². The number of aliphatic hydroxyl groups excluding tert-OH is 1. The van der Waals surface area contributed by atoms with E-state index in [1.807, 2.05) is 12.1 Å². The summed E-state index contributed by atoms with van der Waals surface area (Å²) >= 11 is 3.32. The van der Waals surface area contributed by atoms with Gasteiger partial charge in [-0.05, 0) is 26.0 Å². The lowest BCUT2D eigenvalue weighted by Gasteiger charge is -2.10. The third-order valence-corrected chi connectivity index (χ3v) is 2.61. The quantitative estimate of drug-likeness (QED) is 0.661. The van der Waals surface area contributed by atoms with Crippen molar-refractivity contribution in [3.05, 3.63) is 34.3 Å². The van der Waals surface area contributed by atoms with Crippen LogP contribution in [0.15, 0.2) is 33.8 Å². The van der Waals surface area contributed by atoms with Crippen molar-refractivity contribution in [3.8, 4) is 0 Å². The number of hydrogen-bond acceptors (Lipinski definition) is 4.